The molecule has 1 saturated heterocycles. The molecule has 1 heterocycles. The Bertz CT molecular complexity index is 774. The molecule has 0 bridgehead atoms. The number of halogens is 1. The number of hydrogen-bond donors (Lipinski definition) is 2. The maximum atomic E-state index is 12.1. The van der Waals surface area contributed by atoms with Crippen LogP contribution in [0, 0.1) is 0 Å². The van der Waals surface area contributed by atoms with Crippen molar-refractivity contribution in [3.8, 4) is 5.75 Å². The molecule has 1 aromatic carbocycles. The number of nitrogens with zero attached hydrogens (tertiary/aromatic N) is 2. The lowest BCUT2D eigenvalue weighted by Gasteiger charge is -2.24. The largest absolute Gasteiger partial charge is 0.496 e. The molecule has 2 N–H and O–H groups in total. The van der Waals surface area contributed by atoms with E-state index in [1.807, 2.05) is 32.9 Å². The van der Waals surface area contributed by atoms with E-state index in [1.54, 1.807) is 7.11 Å². The van der Waals surface area contributed by atoms with Gasteiger partial charge in [0.15, 0.2) is 5.96 Å². The van der Waals surface area contributed by atoms with Gasteiger partial charge in [0.05, 0.1) is 19.7 Å². The van der Waals surface area contributed by atoms with Crippen LogP contribution in [0.2, 0.25) is 0 Å². The van der Waals surface area contributed by atoms with E-state index in [1.165, 1.54) is 5.56 Å². The molecule has 1 aliphatic carbocycles. The molecule has 1 saturated carbocycles. The van der Waals surface area contributed by atoms with Crippen molar-refractivity contribution in [1.29, 1.82) is 0 Å². The molecule has 174 valence electrons. The Balaban J connectivity index is 0.00000341. The van der Waals surface area contributed by atoms with Crippen molar-refractivity contribution >= 4 is 36.0 Å². The minimum absolute atomic E-state index is 0. The van der Waals surface area contributed by atoms with Gasteiger partial charge in [0.2, 0.25) is 0 Å². The molecule has 0 spiro atoms. The minimum atomic E-state index is -0.490. The minimum Gasteiger partial charge on any atom is -0.496 e. The molecule has 0 radical (unpaired) electrons. The number of nitrogens with one attached hydrogen (secondary N) is 2. The summed E-state index contributed by atoms with van der Waals surface area (Å²) in [5.41, 5.74) is 0.828. The van der Waals surface area contributed by atoms with Gasteiger partial charge in [-0.2, -0.15) is 0 Å². The standard InChI is InChI=1S/C23H36N4O3.HI/c1-6-24-20(27-14-11-17(15-27)26-21(28)30-22(2,3)4)25-16-23(12-13-23)18-9-7-8-10-19(18)29-5;/h7-10,17H,6,11-16H2,1-5H3,(H,24,25)(H,26,28);1H. The number of ether oxygens (including phenoxy) is 2. The van der Waals surface area contributed by atoms with Gasteiger partial charge >= 0.3 is 6.09 Å². The first kappa shape index (κ1) is 25.5. The van der Waals surface area contributed by atoms with Crippen LogP contribution >= 0.6 is 24.0 Å². The number of rotatable bonds is 6. The Morgan fingerprint density at radius 3 is 2.61 bits per heavy atom. The maximum absolute atomic E-state index is 12.1. The highest BCUT2D eigenvalue weighted by molar-refractivity contribution is 14.0. The number of para-hydroxylation sites is 1. The van der Waals surface area contributed by atoms with Crippen molar-refractivity contribution in [3.63, 3.8) is 0 Å². The number of methoxy groups -OCH3 is 1. The van der Waals surface area contributed by atoms with E-state index in [2.05, 4.69) is 34.6 Å². The highest BCUT2D eigenvalue weighted by Gasteiger charge is 2.46. The smallest absolute Gasteiger partial charge is 0.407 e. The Labute approximate surface area is 203 Å². The van der Waals surface area contributed by atoms with Gasteiger partial charge in [0.1, 0.15) is 11.4 Å². The lowest BCUT2D eigenvalue weighted by atomic mass is 9.95. The molecule has 2 aliphatic rings. The molecular weight excluding hydrogens is 507 g/mol. The maximum Gasteiger partial charge on any atom is 0.407 e. The number of aliphatic imine (C=N–C) groups is 1. The summed E-state index contributed by atoms with van der Waals surface area (Å²) < 4.78 is 11.0. The summed E-state index contributed by atoms with van der Waals surface area (Å²) in [6.07, 6.45) is 2.77. The summed E-state index contributed by atoms with van der Waals surface area (Å²) in [5, 5.41) is 6.40. The van der Waals surface area contributed by atoms with E-state index in [0.717, 1.165) is 57.2 Å². The lowest BCUT2D eigenvalue weighted by molar-refractivity contribution is 0.0507. The van der Waals surface area contributed by atoms with Gasteiger partial charge in [-0.1, -0.05) is 18.2 Å². The average molecular weight is 544 g/mol. The van der Waals surface area contributed by atoms with Gasteiger partial charge in [-0.15, -0.1) is 24.0 Å². The molecule has 3 rings (SSSR count). The number of amides is 1. The van der Waals surface area contributed by atoms with E-state index in [-0.39, 0.29) is 41.5 Å². The van der Waals surface area contributed by atoms with Crippen LogP contribution < -0.4 is 15.4 Å². The fraction of sp³-hybridized carbons (Fsp3) is 0.652. The van der Waals surface area contributed by atoms with Crippen LogP contribution in [-0.4, -0.2) is 61.9 Å². The van der Waals surface area contributed by atoms with E-state index < -0.39 is 5.60 Å². The molecule has 1 aromatic rings. The molecule has 1 atom stereocenters. The fourth-order valence-corrected chi connectivity index (χ4v) is 3.94. The Morgan fingerprint density at radius 1 is 1.29 bits per heavy atom. The van der Waals surface area contributed by atoms with Crippen molar-refractivity contribution in [1.82, 2.24) is 15.5 Å². The van der Waals surface area contributed by atoms with E-state index >= 15 is 0 Å². The third-order valence-corrected chi connectivity index (χ3v) is 5.61. The quantitative estimate of drug-likeness (QED) is 0.323. The second-order valence-electron chi connectivity index (χ2n) is 9.23. The molecule has 7 nitrogen and oxygen atoms in total. The zero-order chi connectivity index (χ0) is 21.8. The van der Waals surface area contributed by atoms with Crippen LogP contribution in [0.5, 0.6) is 5.75 Å². The summed E-state index contributed by atoms with van der Waals surface area (Å²) in [6, 6.07) is 8.32. The molecule has 31 heavy (non-hydrogen) atoms. The number of carbonyl (C=O) groups is 1. The zero-order valence-corrected chi connectivity index (χ0v) is 21.7. The first-order valence-electron chi connectivity index (χ1n) is 10.9. The van der Waals surface area contributed by atoms with Crippen LogP contribution in [-0.2, 0) is 10.2 Å². The molecular formula is C23H37IN4O3. The molecule has 8 heteroatoms. The van der Waals surface area contributed by atoms with Crippen molar-refractivity contribution in [2.45, 2.75) is 64.0 Å². The van der Waals surface area contributed by atoms with Gasteiger partial charge in [-0.25, -0.2) is 4.79 Å². The van der Waals surface area contributed by atoms with Crippen molar-refractivity contribution in [3.05, 3.63) is 29.8 Å². The Morgan fingerprint density at radius 2 is 2.00 bits per heavy atom. The summed E-state index contributed by atoms with van der Waals surface area (Å²) in [6.45, 7) is 10.8. The first-order chi connectivity index (χ1) is 14.3. The molecule has 1 amide bonds. The fourth-order valence-electron chi connectivity index (χ4n) is 3.94. The van der Waals surface area contributed by atoms with Gasteiger partial charge in [0.25, 0.3) is 0 Å². The van der Waals surface area contributed by atoms with Crippen LogP contribution in [0.25, 0.3) is 0 Å². The normalized spacial score (nSPS) is 20.0. The van der Waals surface area contributed by atoms with Crippen molar-refractivity contribution in [2.75, 3.05) is 33.3 Å². The molecule has 2 fully saturated rings. The van der Waals surface area contributed by atoms with E-state index in [9.17, 15) is 4.79 Å². The predicted octanol–water partition coefficient (Wildman–Crippen LogP) is 3.91. The van der Waals surface area contributed by atoms with Gasteiger partial charge in [-0.05, 0) is 53.0 Å². The van der Waals surface area contributed by atoms with Crippen molar-refractivity contribution in [2.24, 2.45) is 4.99 Å². The highest BCUT2D eigenvalue weighted by atomic mass is 127. The van der Waals surface area contributed by atoms with Gasteiger partial charge < -0.3 is 25.0 Å². The van der Waals surface area contributed by atoms with Gasteiger partial charge in [0, 0.05) is 30.6 Å². The third-order valence-electron chi connectivity index (χ3n) is 5.61. The van der Waals surface area contributed by atoms with Crippen LogP contribution in [0.1, 0.15) is 52.5 Å². The molecule has 1 aliphatic heterocycles. The highest BCUT2D eigenvalue weighted by Crippen LogP contribution is 2.51. The number of benzene rings is 1. The third kappa shape index (κ3) is 6.89. The SMILES string of the molecule is CCNC(=NCC1(c2ccccc2OC)CC1)N1CCC(NC(=O)OC(C)(C)C)C1.I. The van der Waals surface area contributed by atoms with E-state index in [4.69, 9.17) is 14.5 Å². The summed E-state index contributed by atoms with van der Waals surface area (Å²) in [7, 11) is 1.73. The predicted molar refractivity (Wildman–Crippen MR) is 135 cm³/mol. The topological polar surface area (TPSA) is 75.2 Å². The van der Waals surface area contributed by atoms with Gasteiger partial charge in [-0.3, -0.25) is 4.99 Å². The number of likely N-dealkylation sites (tertiary alicyclic amines) is 1. The number of hydrogen-bond acceptors (Lipinski definition) is 4. The van der Waals surface area contributed by atoms with Crippen LogP contribution in [0.15, 0.2) is 29.3 Å². The summed E-state index contributed by atoms with van der Waals surface area (Å²) in [5.74, 6) is 1.85. The lowest BCUT2D eigenvalue weighted by Crippen LogP contribution is -2.44. The van der Waals surface area contributed by atoms with Crippen molar-refractivity contribution < 1.29 is 14.3 Å². The Hall–Kier alpha value is -1.71. The summed E-state index contributed by atoms with van der Waals surface area (Å²) in [4.78, 5) is 19.3. The molecule has 0 aromatic heterocycles. The second-order valence-corrected chi connectivity index (χ2v) is 9.23. The number of carbonyl (C=O) groups excluding carboxylic acids is 1. The van der Waals surface area contributed by atoms with E-state index in [0.29, 0.717) is 0 Å². The number of guanidine groups is 1. The Kier molecular flexibility index (Phi) is 8.85. The second kappa shape index (κ2) is 10.7. The number of alkyl carbamates (subject to hydrolysis) is 1. The average Bonchev–Trinajstić information content (AvgIpc) is 3.34. The monoisotopic (exact) mass is 544 g/mol. The van der Waals surface area contributed by atoms with Crippen LogP contribution in [0.3, 0.4) is 0 Å². The molecule has 1 unspecified atom stereocenters. The summed E-state index contributed by atoms with van der Waals surface area (Å²) >= 11 is 0. The first-order valence-corrected chi connectivity index (χ1v) is 10.9. The zero-order valence-electron chi connectivity index (χ0n) is 19.4. The van der Waals surface area contributed by atoms with Crippen LogP contribution in [0.4, 0.5) is 4.79 Å².